The molecular weight excluding hydrogens is 204 g/mol. The average molecular weight is 228 g/mol. The van der Waals surface area contributed by atoms with Crippen LogP contribution < -0.4 is 0 Å². The first-order chi connectivity index (χ1) is 7.70. The fraction of sp³-hybridized carbons (Fsp3) is 0.846. The van der Waals surface area contributed by atoms with Crippen LogP contribution in [0.1, 0.15) is 58.3 Å². The molecule has 0 saturated heterocycles. The highest BCUT2D eigenvalue weighted by Crippen LogP contribution is 2.06. The van der Waals surface area contributed by atoms with Crippen molar-refractivity contribution in [2.45, 2.75) is 58.3 Å². The molecule has 0 bridgehead atoms. The van der Waals surface area contributed by atoms with Gasteiger partial charge >= 0.3 is 0 Å². The van der Waals surface area contributed by atoms with E-state index >= 15 is 0 Å². The molecular formula is C13H24O3. The summed E-state index contributed by atoms with van der Waals surface area (Å²) in [6.07, 6.45) is 5.88. The Morgan fingerprint density at radius 2 is 1.44 bits per heavy atom. The first-order valence-electron chi connectivity index (χ1n) is 6.23. The molecule has 0 aliphatic rings. The van der Waals surface area contributed by atoms with E-state index in [0.29, 0.717) is 25.7 Å². The van der Waals surface area contributed by atoms with Crippen LogP contribution in [-0.4, -0.2) is 25.3 Å². The number of carbonyl (C=O) groups is 2. The highest BCUT2D eigenvalue weighted by Gasteiger charge is 2.04. The number of ether oxygens (including phenoxy) is 1. The summed E-state index contributed by atoms with van der Waals surface area (Å²) in [7, 11) is 1.67. The maximum absolute atomic E-state index is 11.4. The van der Waals surface area contributed by atoms with Gasteiger partial charge in [0.1, 0.15) is 11.6 Å². The zero-order valence-electron chi connectivity index (χ0n) is 10.6. The van der Waals surface area contributed by atoms with E-state index in [1.54, 1.807) is 7.11 Å². The summed E-state index contributed by atoms with van der Waals surface area (Å²) in [6, 6.07) is 0. The molecule has 0 atom stereocenters. The van der Waals surface area contributed by atoms with Crippen molar-refractivity contribution in [2.24, 2.45) is 0 Å². The second-order valence-electron chi connectivity index (χ2n) is 4.13. The molecule has 0 radical (unpaired) electrons. The van der Waals surface area contributed by atoms with Gasteiger partial charge < -0.3 is 4.74 Å². The van der Waals surface area contributed by atoms with Crippen LogP contribution >= 0.6 is 0 Å². The van der Waals surface area contributed by atoms with Crippen molar-refractivity contribution in [2.75, 3.05) is 13.7 Å². The molecule has 0 unspecified atom stereocenters. The highest BCUT2D eigenvalue weighted by atomic mass is 16.5. The minimum absolute atomic E-state index is 0.278. The summed E-state index contributed by atoms with van der Waals surface area (Å²) >= 11 is 0. The van der Waals surface area contributed by atoms with Crippen molar-refractivity contribution in [3.05, 3.63) is 0 Å². The van der Waals surface area contributed by atoms with Gasteiger partial charge in [-0.1, -0.05) is 6.92 Å². The van der Waals surface area contributed by atoms with Gasteiger partial charge in [0.25, 0.3) is 0 Å². The molecule has 94 valence electrons. The Balaban J connectivity index is 3.33. The average Bonchev–Trinajstić information content (AvgIpc) is 2.25. The van der Waals surface area contributed by atoms with Crippen molar-refractivity contribution in [3.63, 3.8) is 0 Å². The molecule has 0 spiro atoms. The van der Waals surface area contributed by atoms with Gasteiger partial charge in [-0.3, -0.25) is 9.59 Å². The van der Waals surface area contributed by atoms with Gasteiger partial charge in [0.15, 0.2) is 0 Å². The maximum Gasteiger partial charge on any atom is 0.132 e. The lowest BCUT2D eigenvalue weighted by Crippen LogP contribution is -2.02. The van der Waals surface area contributed by atoms with Gasteiger partial charge in [0.05, 0.1) is 0 Å². The molecule has 0 heterocycles. The topological polar surface area (TPSA) is 43.4 Å². The Kier molecular flexibility index (Phi) is 10.3. The van der Waals surface area contributed by atoms with E-state index in [4.69, 9.17) is 4.74 Å². The van der Waals surface area contributed by atoms with Crippen LogP contribution in [-0.2, 0) is 14.3 Å². The molecule has 0 fully saturated rings. The molecule has 0 amide bonds. The lowest BCUT2D eigenvalue weighted by atomic mass is 10.0. The number of ketones is 2. The van der Waals surface area contributed by atoms with Crippen LogP contribution in [0.4, 0.5) is 0 Å². The zero-order chi connectivity index (χ0) is 12.2. The summed E-state index contributed by atoms with van der Waals surface area (Å²) < 4.78 is 4.91. The Morgan fingerprint density at radius 1 is 0.875 bits per heavy atom. The van der Waals surface area contributed by atoms with Gasteiger partial charge in [-0.2, -0.15) is 0 Å². The fourth-order valence-corrected chi connectivity index (χ4v) is 1.58. The van der Waals surface area contributed by atoms with Crippen LogP contribution in [0.15, 0.2) is 0 Å². The van der Waals surface area contributed by atoms with Gasteiger partial charge in [-0.15, -0.1) is 0 Å². The standard InChI is InChI=1S/C13H24O3/c1-3-7-12(14)9-6-10-13(15)8-4-5-11-16-2/h3-11H2,1-2H3. The summed E-state index contributed by atoms with van der Waals surface area (Å²) in [5, 5.41) is 0. The van der Waals surface area contributed by atoms with Crippen LogP contribution in [0.2, 0.25) is 0 Å². The monoisotopic (exact) mass is 228 g/mol. The summed E-state index contributed by atoms with van der Waals surface area (Å²) in [6.45, 7) is 2.72. The summed E-state index contributed by atoms with van der Waals surface area (Å²) in [4.78, 5) is 22.6. The van der Waals surface area contributed by atoms with E-state index in [9.17, 15) is 9.59 Å². The van der Waals surface area contributed by atoms with Crippen LogP contribution in [0.25, 0.3) is 0 Å². The van der Waals surface area contributed by atoms with Crippen LogP contribution in [0.3, 0.4) is 0 Å². The largest absolute Gasteiger partial charge is 0.385 e. The molecule has 0 aliphatic carbocycles. The third kappa shape index (κ3) is 9.84. The Labute approximate surface area is 98.6 Å². The van der Waals surface area contributed by atoms with E-state index in [1.165, 1.54) is 0 Å². The maximum atomic E-state index is 11.4. The third-order valence-electron chi connectivity index (χ3n) is 2.49. The molecule has 16 heavy (non-hydrogen) atoms. The lowest BCUT2D eigenvalue weighted by Gasteiger charge is -2.01. The quantitative estimate of drug-likeness (QED) is 0.511. The van der Waals surface area contributed by atoms with E-state index < -0.39 is 0 Å². The number of Topliss-reactive ketones (excluding diaryl/α,β-unsaturated/α-hetero) is 2. The van der Waals surface area contributed by atoms with Gasteiger partial charge in [-0.25, -0.2) is 0 Å². The number of hydrogen-bond donors (Lipinski definition) is 0. The number of hydrogen-bond acceptors (Lipinski definition) is 3. The molecule has 0 saturated carbocycles. The molecule has 0 rings (SSSR count). The minimum atomic E-state index is 0.278. The first kappa shape index (κ1) is 15.3. The van der Waals surface area contributed by atoms with E-state index in [-0.39, 0.29) is 11.6 Å². The van der Waals surface area contributed by atoms with E-state index in [0.717, 1.165) is 32.3 Å². The Morgan fingerprint density at radius 3 is 2.00 bits per heavy atom. The first-order valence-corrected chi connectivity index (χ1v) is 6.23. The van der Waals surface area contributed by atoms with Crippen molar-refractivity contribution in [1.29, 1.82) is 0 Å². The number of unbranched alkanes of at least 4 members (excludes halogenated alkanes) is 1. The van der Waals surface area contributed by atoms with E-state index in [1.807, 2.05) is 6.92 Å². The van der Waals surface area contributed by atoms with Crippen molar-refractivity contribution >= 4 is 11.6 Å². The minimum Gasteiger partial charge on any atom is -0.385 e. The van der Waals surface area contributed by atoms with Crippen molar-refractivity contribution in [1.82, 2.24) is 0 Å². The van der Waals surface area contributed by atoms with Crippen molar-refractivity contribution < 1.29 is 14.3 Å². The second kappa shape index (κ2) is 10.8. The Hall–Kier alpha value is -0.700. The Bertz CT molecular complexity index is 199. The second-order valence-corrected chi connectivity index (χ2v) is 4.13. The third-order valence-corrected chi connectivity index (χ3v) is 2.49. The number of rotatable bonds is 11. The molecule has 3 heteroatoms. The molecule has 0 N–H and O–H groups in total. The zero-order valence-corrected chi connectivity index (χ0v) is 10.6. The van der Waals surface area contributed by atoms with Gasteiger partial charge in [0.2, 0.25) is 0 Å². The van der Waals surface area contributed by atoms with Gasteiger partial charge in [-0.05, 0) is 25.7 Å². The lowest BCUT2D eigenvalue weighted by molar-refractivity contribution is -0.120. The fourth-order valence-electron chi connectivity index (χ4n) is 1.58. The smallest absolute Gasteiger partial charge is 0.132 e. The predicted molar refractivity (Wildman–Crippen MR) is 64.5 cm³/mol. The van der Waals surface area contributed by atoms with E-state index in [2.05, 4.69) is 0 Å². The SMILES string of the molecule is CCCC(=O)CCCC(=O)CCCCOC. The normalized spacial score (nSPS) is 10.4. The summed E-state index contributed by atoms with van der Waals surface area (Å²) in [5.74, 6) is 0.565. The van der Waals surface area contributed by atoms with Crippen LogP contribution in [0.5, 0.6) is 0 Å². The molecule has 0 aromatic carbocycles. The van der Waals surface area contributed by atoms with Gasteiger partial charge in [0, 0.05) is 39.4 Å². The molecule has 0 aliphatic heterocycles. The molecule has 3 nitrogen and oxygen atoms in total. The molecule has 0 aromatic rings. The summed E-state index contributed by atoms with van der Waals surface area (Å²) in [5.41, 5.74) is 0. The highest BCUT2D eigenvalue weighted by molar-refractivity contribution is 5.81. The molecule has 0 aromatic heterocycles. The number of carbonyl (C=O) groups excluding carboxylic acids is 2. The predicted octanol–water partition coefficient (Wildman–Crippen LogP) is 2.91. The van der Waals surface area contributed by atoms with Crippen LogP contribution in [0, 0.1) is 0 Å². The van der Waals surface area contributed by atoms with Crippen molar-refractivity contribution in [3.8, 4) is 0 Å². The number of methoxy groups -OCH3 is 1.